The van der Waals surface area contributed by atoms with E-state index in [9.17, 15) is 14.4 Å². The lowest BCUT2D eigenvalue weighted by Crippen LogP contribution is -2.30. The van der Waals surface area contributed by atoms with Crippen molar-refractivity contribution >= 4 is 58.5 Å². The van der Waals surface area contributed by atoms with Crippen LogP contribution in [-0.2, 0) is 9.59 Å². The van der Waals surface area contributed by atoms with Gasteiger partial charge in [-0.3, -0.25) is 14.4 Å². The maximum Gasteiger partial charge on any atom is 0.272 e. The van der Waals surface area contributed by atoms with Crippen LogP contribution in [0.4, 0.5) is 11.4 Å². The average Bonchev–Trinajstić information content (AvgIpc) is 3.06. The molecule has 3 amide bonds. The van der Waals surface area contributed by atoms with E-state index in [4.69, 9.17) is 11.6 Å². The van der Waals surface area contributed by atoms with Gasteiger partial charge in [0.2, 0.25) is 5.91 Å². The topological polar surface area (TPSA) is 87.3 Å². The van der Waals surface area contributed by atoms with Crippen molar-refractivity contribution in [2.75, 3.05) is 16.4 Å². The molecule has 44 heavy (non-hydrogen) atoms. The number of nitrogens with one attached hydrogen (secondary N) is 3. The van der Waals surface area contributed by atoms with E-state index in [-0.39, 0.29) is 17.4 Å². The second-order valence-electron chi connectivity index (χ2n) is 9.69. The van der Waals surface area contributed by atoms with Crippen LogP contribution in [0.5, 0.6) is 0 Å². The molecule has 3 N–H and O–H groups in total. The largest absolute Gasteiger partial charge is 0.325 e. The first kappa shape index (κ1) is 30.4. The lowest BCUT2D eigenvalue weighted by Gasteiger charge is -2.12. The van der Waals surface area contributed by atoms with E-state index < -0.39 is 11.8 Å². The van der Waals surface area contributed by atoms with Crippen LogP contribution in [0.1, 0.15) is 15.9 Å². The molecular formula is C36H28ClN3O3S. The Hall–Kier alpha value is -5.11. The van der Waals surface area contributed by atoms with Crippen LogP contribution < -0.4 is 16.0 Å². The summed E-state index contributed by atoms with van der Waals surface area (Å²) >= 11 is 7.25. The Kier molecular flexibility index (Phi) is 10.3. The van der Waals surface area contributed by atoms with Crippen molar-refractivity contribution in [3.05, 3.63) is 155 Å². The van der Waals surface area contributed by atoms with Crippen LogP contribution in [0.15, 0.2) is 144 Å². The summed E-state index contributed by atoms with van der Waals surface area (Å²) < 4.78 is 0. The molecule has 0 aliphatic carbocycles. The van der Waals surface area contributed by atoms with Crippen molar-refractivity contribution in [3.63, 3.8) is 0 Å². The van der Waals surface area contributed by atoms with Gasteiger partial charge in [0.15, 0.2) is 0 Å². The summed E-state index contributed by atoms with van der Waals surface area (Å²) in [6, 6.07) is 40.5. The Balaban J connectivity index is 1.29. The molecule has 6 nitrogen and oxygen atoms in total. The number of rotatable bonds is 10. The summed E-state index contributed by atoms with van der Waals surface area (Å²) in [5.41, 5.74) is 4.58. The van der Waals surface area contributed by atoms with Gasteiger partial charge in [-0.05, 0) is 77.4 Å². The smallest absolute Gasteiger partial charge is 0.272 e. The van der Waals surface area contributed by atoms with Gasteiger partial charge in [0.25, 0.3) is 11.8 Å². The summed E-state index contributed by atoms with van der Waals surface area (Å²) in [5, 5.41) is 9.08. The van der Waals surface area contributed by atoms with E-state index in [0.29, 0.717) is 22.0 Å². The second kappa shape index (κ2) is 14.9. The van der Waals surface area contributed by atoms with Crippen LogP contribution in [0.25, 0.3) is 17.2 Å². The third-order valence-corrected chi connectivity index (χ3v) is 7.69. The second-order valence-corrected chi connectivity index (χ2v) is 11.2. The normalized spacial score (nSPS) is 11.0. The fourth-order valence-corrected chi connectivity index (χ4v) is 5.13. The summed E-state index contributed by atoms with van der Waals surface area (Å²) in [7, 11) is 0. The van der Waals surface area contributed by atoms with Gasteiger partial charge >= 0.3 is 0 Å². The number of thioether (sulfide) groups is 1. The SMILES string of the molecule is O=C(CSc1cccc(NC(=O)/C(=C\c2ccc(-c3ccccc3)cc2)NC(=O)c2ccccc2)c1)Nc1ccc(Cl)cc1. The molecule has 0 saturated heterocycles. The van der Waals surface area contributed by atoms with Crippen molar-refractivity contribution in [2.45, 2.75) is 4.90 Å². The fraction of sp³-hybridized carbons (Fsp3) is 0.0278. The highest BCUT2D eigenvalue weighted by Gasteiger charge is 2.16. The Bertz CT molecular complexity index is 1780. The fourth-order valence-electron chi connectivity index (χ4n) is 4.25. The van der Waals surface area contributed by atoms with Crippen LogP contribution in [0, 0.1) is 0 Å². The average molecular weight is 618 g/mol. The van der Waals surface area contributed by atoms with E-state index in [2.05, 4.69) is 16.0 Å². The Morgan fingerprint density at radius 1 is 0.659 bits per heavy atom. The Morgan fingerprint density at radius 3 is 2.02 bits per heavy atom. The van der Waals surface area contributed by atoms with E-state index in [1.807, 2.05) is 66.7 Å². The minimum Gasteiger partial charge on any atom is -0.325 e. The molecule has 8 heteroatoms. The number of halogens is 1. The number of hydrogen-bond acceptors (Lipinski definition) is 4. The molecule has 0 aliphatic heterocycles. The Morgan fingerprint density at radius 2 is 1.32 bits per heavy atom. The first-order chi connectivity index (χ1) is 21.4. The monoisotopic (exact) mass is 617 g/mol. The molecule has 0 bridgehead atoms. The first-order valence-electron chi connectivity index (χ1n) is 13.8. The standard InChI is InChI=1S/C36H28ClN3O3S/c37-29-18-20-30(21-19-29)38-34(41)24-44-32-13-7-12-31(23-32)39-36(43)33(40-35(42)28-10-5-2-6-11-28)22-25-14-16-27(17-15-25)26-8-3-1-4-9-26/h1-23H,24H2,(H,38,41)(H,39,43)(H,40,42)/b33-22+. The third-order valence-electron chi connectivity index (χ3n) is 6.45. The molecule has 0 aliphatic rings. The maximum absolute atomic E-state index is 13.5. The molecule has 0 atom stereocenters. The molecule has 0 fully saturated rings. The van der Waals surface area contributed by atoms with E-state index in [0.717, 1.165) is 21.6 Å². The quantitative estimate of drug-likeness (QED) is 0.109. The minimum absolute atomic E-state index is 0.0895. The summed E-state index contributed by atoms with van der Waals surface area (Å²) in [6.45, 7) is 0. The highest BCUT2D eigenvalue weighted by Crippen LogP contribution is 2.24. The van der Waals surface area contributed by atoms with Crippen LogP contribution in [-0.4, -0.2) is 23.5 Å². The van der Waals surface area contributed by atoms with E-state index >= 15 is 0 Å². The van der Waals surface area contributed by atoms with Crippen molar-refractivity contribution < 1.29 is 14.4 Å². The van der Waals surface area contributed by atoms with Crippen LogP contribution in [0.2, 0.25) is 5.02 Å². The summed E-state index contributed by atoms with van der Waals surface area (Å²) in [5.74, 6) is -0.871. The van der Waals surface area contributed by atoms with Gasteiger partial charge in [0.05, 0.1) is 5.75 Å². The van der Waals surface area contributed by atoms with Gasteiger partial charge < -0.3 is 16.0 Å². The van der Waals surface area contributed by atoms with Crippen molar-refractivity contribution in [3.8, 4) is 11.1 Å². The highest BCUT2D eigenvalue weighted by atomic mass is 35.5. The number of carbonyl (C=O) groups is 3. The maximum atomic E-state index is 13.5. The van der Waals surface area contributed by atoms with Gasteiger partial charge in [0, 0.05) is 26.9 Å². The molecule has 0 radical (unpaired) electrons. The summed E-state index contributed by atoms with van der Waals surface area (Å²) in [6.07, 6.45) is 1.64. The molecule has 5 aromatic rings. The van der Waals surface area contributed by atoms with Gasteiger partial charge in [-0.2, -0.15) is 0 Å². The molecule has 0 saturated carbocycles. The lowest BCUT2D eigenvalue weighted by atomic mass is 10.0. The molecule has 218 valence electrons. The number of amides is 3. The zero-order valence-corrected chi connectivity index (χ0v) is 25.1. The number of hydrogen-bond donors (Lipinski definition) is 3. The van der Waals surface area contributed by atoms with Crippen LogP contribution in [0.3, 0.4) is 0 Å². The van der Waals surface area contributed by atoms with Gasteiger partial charge in [-0.25, -0.2) is 0 Å². The van der Waals surface area contributed by atoms with Crippen molar-refractivity contribution in [1.29, 1.82) is 0 Å². The van der Waals surface area contributed by atoms with E-state index in [1.54, 1.807) is 72.8 Å². The number of benzene rings is 5. The Labute approximate surface area is 265 Å². The minimum atomic E-state index is -0.482. The van der Waals surface area contributed by atoms with Gasteiger partial charge in [-0.1, -0.05) is 90.5 Å². The lowest BCUT2D eigenvalue weighted by molar-refractivity contribution is -0.114. The first-order valence-corrected chi connectivity index (χ1v) is 15.1. The van der Waals surface area contributed by atoms with Gasteiger partial charge in [0.1, 0.15) is 5.70 Å². The van der Waals surface area contributed by atoms with Crippen LogP contribution >= 0.6 is 23.4 Å². The van der Waals surface area contributed by atoms with E-state index in [1.165, 1.54) is 11.8 Å². The molecule has 0 aromatic heterocycles. The highest BCUT2D eigenvalue weighted by molar-refractivity contribution is 8.00. The third kappa shape index (κ3) is 8.70. The van der Waals surface area contributed by atoms with Crippen molar-refractivity contribution in [1.82, 2.24) is 5.32 Å². The molecule has 0 unspecified atom stereocenters. The van der Waals surface area contributed by atoms with Crippen molar-refractivity contribution in [2.24, 2.45) is 0 Å². The van der Waals surface area contributed by atoms with Gasteiger partial charge in [-0.15, -0.1) is 11.8 Å². The molecule has 0 heterocycles. The predicted molar refractivity (Wildman–Crippen MR) is 180 cm³/mol. The molecule has 5 rings (SSSR count). The molecular weight excluding hydrogens is 590 g/mol. The number of carbonyl (C=O) groups excluding carboxylic acids is 3. The molecule has 5 aromatic carbocycles. The zero-order chi connectivity index (χ0) is 30.7. The zero-order valence-electron chi connectivity index (χ0n) is 23.5. The predicted octanol–water partition coefficient (Wildman–Crippen LogP) is 8.15. The summed E-state index contributed by atoms with van der Waals surface area (Å²) in [4.78, 5) is 39.7. The molecule has 0 spiro atoms. The number of anilines is 2.